The van der Waals surface area contributed by atoms with Crippen molar-refractivity contribution in [3.05, 3.63) is 17.0 Å². The minimum absolute atomic E-state index is 0.387. The number of hydrogen-bond acceptors (Lipinski definition) is 3. The summed E-state index contributed by atoms with van der Waals surface area (Å²) in [5.74, 6) is 1.32. The zero-order valence-electron chi connectivity index (χ0n) is 12.9. The van der Waals surface area contributed by atoms with E-state index in [1.54, 1.807) is 0 Å². The molecule has 19 heavy (non-hydrogen) atoms. The van der Waals surface area contributed by atoms with E-state index in [2.05, 4.69) is 61.5 Å². The quantitative estimate of drug-likeness (QED) is 0.896. The van der Waals surface area contributed by atoms with E-state index in [0.29, 0.717) is 10.8 Å². The fourth-order valence-electron chi connectivity index (χ4n) is 3.09. The molecule has 1 fully saturated rings. The van der Waals surface area contributed by atoms with E-state index in [9.17, 15) is 0 Å². The summed E-state index contributed by atoms with van der Waals surface area (Å²) in [5, 5.41) is 8.34. The normalized spacial score (nSPS) is 24.9. The maximum absolute atomic E-state index is 4.62. The molecule has 108 valence electrons. The molecule has 0 radical (unpaired) electrons. The van der Waals surface area contributed by atoms with Crippen molar-refractivity contribution < 1.29 is 0 Å². The molecule has 1 aromatic heterocycles. The number of rotatable bonds is 5. The van der Waals surface area contributed by atoms with Crippen molar-refractivity contribution in [1.82, 2.24) is 15.1 Å². The van der Waals surface area contributed by atoms with Gasteiger partial charge in [-0.15, -0.1) is 0 Å². The van der Waals surface area contributed by atoms with E-state index in [1.165, 1.54) is 35.5 Å². The lowest BCUT2D eigenvalue weighted by atomic mass is 10.0. The topological polar surface area (TPSA) is 29.9 Å². The van der Waals surface area contributed by atoms with Crippen molar-refractivity contribution in [1.29, 1.82) is 0 Å². The van der Waals surface area contributed by atoms with Gasteiger partial charge in [0.15, 0.2) is 0 Å². The summed E-state index contributed by atoms with van der Waals surface area (Å²) < 4.78 is 2.53. The second-order valence-corrected chi connectivity index (χ2v) is 7.59. The molecule has 0 spiro atoms. The fourth-order valence-corrected chi connectivity index (χ4v) is 4.35. The van der Waals surface area contributed by atoms with Crippen LogP contribution in [0.5, 0.6) is 0 Å². The van der Waals surface area contributed by atoms with Gasteiger partial charge in [0.1, 0.15) is 0 Å². The first-order valence-electron chi connectivity index (χ1n) is 7.38. The summed E-state index contributed by atoms with van der Waals surface area (Å²) in [6.45, 7) is 13.2. The molecule has 3 nitrogen and oxygen atoms in total. The highest BCUT2D eigenvalue weighted by Gasteiger charge is 2.30. The smallest absolute Gasteiger partial charge is 0.0644 e. The Balaban J connectivity index is 2.03. The molecular formula is C15H27N3S. The van der Waals surface area contributed by atoms with Crippen LogP contribution >= 0.6 is 11.8 Å². The predicted octanol–water partition coefficient (Wildman–Crippen LogP) is 3.46. The molecule has 2 rings (SSSR count). The second-order valence-electron chi connectivity index (χ2n) is 5.90. The molecule has 4 heteroatoms. The van der Waals surface area contributed by atoms with Crippen LogP contribution in [0.15, 0.2) is 0 Å². The fraction of sp³-hybridized carbons (Fsp3) is 0.800. The molecule has 1 N–H and O–H groups in total. The van der Waals surface area contributed by atoms with E-state index in [4.69, 9.17) is 0 Å². The Bertz CT molecular complexity index is 433. The lowest BCUT2D eigenvalue weighted by Crippen LogP contribution is -2.34. The van der Waals surface area contributed by atoms with Crippen LogP contribution in [0.25, 0.3) is 0 Å². The highest BCUT2D eigenvalue weighted by atomic mass is 32.2. The number of aryl methyl sites for hydroxylation is 2. The van der Waals surface area contributed by atoms with Crippen LogP contribution in [0, 0.1) is 13.8 Å². The van der Waals surface area contributed by atoms with E-state index in [0.717, 1.165) is 13.1 Å². The molecule has 1 saturated heterocycles. The van der Waals surface area contributed by atoms with Crippen LogP contribution in [0.2, 0.25) is 0 Å². The first-order chi connectivity index (χ1) is 8.97. The van der Waals surface area contributed by atoms with E-state index >= 15 is 0 Å². The third kappa shape index (κ3) is 3.16. The van der Waals surface area contributed by atoms with Crippen LogP contribution in [0.1, 0.15) is 56.6 Å². The third-order valence-corrected chi connectivity index (χ3v) is 5.79. The Morgan fingerprint density at radius 3 is 2.74 bits per heavy atom. The number of hydrogen-bond donors (Lipinski definition) is 1. The molecule has 2 heterocycles. The van der Waals surface area contributed by atoms with Gasteiger partial charge in [-0.05, 0) is 53.2 Å². The Labute approximate surface area is 121 Å². The van der Waals surface area contributed by atoms with Crippen molar-refractivity contribution in [2.75, 3.05) is 12.3 Å². The van der Waals surface area contributed by atoms with Crippen molar-refractivity contribution in [2.45, 2.75) is 64.8 Å². The molecule has 0 aromatic carbocycles. The first kappa shape index (κ1) is 14.9. The summed E-state index contributed by atoms with van der Waals surface area (Å²) >= 11 is 2.12. The standard InChI is InChI=1S/C15H27N3S/c1-6-18-13(4)14(12(3)17-18)11(2)16-10-15(5)8-7-9-19-15/h11,16H,6-10H2,1-5H3. The van der Waals surface area contributed by atoms with Crippen LogP contribution in [-0.4, -0.2) is 26.8 Å². The average Bonchev–Trinajstić information content (AvgIpc) is 2.92. The number of nitrogens with one attached hydrogen (secondary N) is 1. The molecule has 1 aliphatic rings. The van der Waals surface area contributed by atoms with Crippen molar-refractivity contribution >= 4 is 11.8 Å². The van der Waals surface area contributed by atoms with Gasteiger partial charge in [0, 0.05) is 35.1 Å². The molecule has 2 unspecified atom stereocenters. The average molecular weight is 281 g/mol. The molecule has 2 atom stereocenters. The summed E-state index contributed by atoms with van der Waals surface area (Å²) in [6.07, 6.45) is 2.70. The van der Waals surface area contributed by atoms with Gasteiger partial charge in [0.25, 0.3) is 0 Å². The van der Waals surface area contributed by atoms with Crippen molar-refractivity contribution in [3.63, 3.8) is 0 Å². The van der Waals surface area contributed by atoms with E-state index < -0.39 is 0 Å². The monoisotopic (exact) mass is 281 g/mol. The van der Waals surface area contributed by atoms with Gasteiger partial charge in [-0.3, -0.25) is 4.68 Å². The molecule has 1 aliphatic heterocycles. The summed E-state index contributed by atoms with van der Waals surface area (Å²) in [5.41, 5.74) is 3.86. The molecular weight excluding hydrogens is 254 g/mol. The lowest BCUT2D eigenvalue weighted by molar-refractivity contribution is 0.487. The van der Waals surface area contributed by atoms with Gasteiger partial charge >= 0.3 is 0 Å². The number of thioether (sulfide) groups is 1. The lowest BCUT2D eigenvalue weighted by Gasteiger charge is -2.26. The Morgan fingerprint density at radius 1 is 1.47 bits per heavy atom. The van der Waals surface area contributed by atoms with Crippen molar-refractivity contribution in [3.8, 4) is 0 Å². The minimum atomic E-state index is 0.387. The number of nitrogens with zero attached hydrogens (tertiary/aromatic N) is 2. The van der Waals surface area contributed by atoms with Crippen LogP contribution in [0.3, 0.4) is 0 Å². The summed E-state index contributed by atoms with van der Waals surface area (Å²) in [6, 6.07) is 0.387. The maximum Gasteiger partial charge on any atom is 0.0644 e. The Hall–Kier alpha value is -0.480. The zero-order chi connectivity index (χ0) is 14.0. The van der Waals surface area contributed by atoms with Gasteiger partial charge in [-0.2, -0.15) is 16.9 Å². The zero-order valence-corrected chi connectivity index (χ0v) is 13.7. The van der Waals surface area contributed by atoms with Gasteiger partial charge in [0.2, 0.25) is 0 Å². The van der Waals surface area contributed by atoms with E-state index in [-0.39, 0.29) is 0 Å². The maximum atomic E-state index is 4.62. The molecule has 0 aliphatic carbocycles. The molecule has 0 saturated carbocycles. The molecule has 0 amide bonds. The minimum Gasteiger partial charge on any atom is -0.309 e. The largest absolute Gasteiger partial charge is 0.309 e. The Kier molecular flexibility index (Phi) is 4.62. The highest BCUT2D eigenvalue weighted by Crippen LogP contribution is 2.37. The third-order valence-electron chi connectivity index (χ3n) is 4.25. The van der Waals surface area contributed by atoms with E-state index in [1.807, 2.05) is 0 Å². The summed E-state index contributed by atoms with van der Waals surface area (Å²) in [4.78, 5) is 0. The predicted molar refractivity (Wildman–Crippen MR) is 83.9 cm³/mol. The van der Waals surface area contributed by atoms with Gasteiger partial charge in [-0.1, -0.05) is 0 Å². The first-order valence-corrected chi connectivity index (χ1v) is 8.36. The van der Waals surface area contributed by atoms with Gasteiger partial charge in [0.05, 0.1) is 5.69 Å². The van der Waals surface area contributed by atoms with Crippen LogP contribution < -0.4 is 5.32 Å². The second kappa shape index (κ2) is 5.88. The van der Waals surface area contributed by atoms with Crippen LogP contribution in [0.4, 0.5) is 0 Å². The van der Waals surface area contributed by atoms with Gasteiger partial charge in [-0.25, -0.2) is 0 Å². The van der Waals surface area contributed by atoms with Crippen molar-refractivity contribution in [2.24, 2.45) is 0 Å². The number of aromatic nitrogens is 2. The van der Waals surface area contributed by atoms with Crippen LogP contribution in [-0.2, 0) is 6.54 Å². The summed E-state index contributed by atoms with van der Waals surface area (Å²) in [7, 11) is 0. The molecule has 1 aromatic rings. The van der Waals surface area contributed by atoms with Gasteiger partial charge < -0.3 is 5.32 Å². The highest BCUT2D eigenvalue weighted by molar-refractivity contribution is 8.00. The SMILES string of the molecule is CCn1nc(C)c(C(C)NCC2(C)CCCS2)c1C. The Morgan fingerprint density at radius 2 is 2.21 bits per heavy atom. The molecule has 0 bridgehead atoms.